The van der Waals surface area contributed by atoms with Crippen molar-refractivity contribution in [1.29, 1.82) is 0 Å². The van der Waals surface area contributed by atoms with E-state index in [2.05, 4.69) is 15.3 Å². The molecule has 0 aromatic carbocycles. The predicted octanol–water partition coefficient (Wildman–Crippen LogP) is 1.14. The minimum absolute atomic E-state index is 0.188. The van der Waals surface area contributed by atoms with Crippen LogP contribution in [0.2, 0.25) is 0 Å². The summed E-state index contributed by atoms with van der Waals surface area (Å²) < 4.78 is 0. The maximum atomic E-state index is 11.0. The summed E-state index contributed by atoms with van der Waals surface area (Å²) in [6.07, 6.45) is 0. The first-order valence-corrected chi connectivity index (χ1v) is 6.15. The summed E-state index contributed by atoms with van der Waals surface area (Å²) in [6, 6.07) is 3.11. The van der Waals surface area contributed by atoms with Crippen LogP contribution in [0, 0.1) is 6.92 Å². The Hall–Kier alpha value is -2.15. The van der Waals surface area contributed by atoms with Crippen LogP contribution in [0.15, 0.2) is 17.6 Å². The van der Waals surface area contributed by atoms with Gasteiger partial charge >= 0.3 is 0 Å². The number of nitrogen functional groups attached to an aromatic ring is 1. The fourth-order valence-corrected chi connectivity index (χ4v) is 2.13. The fraction of sp³-hybridized carbons (Fsp3) is 0.182. The molecule has 5 N–H and O–H groups in total. The van der Waals surface area contributed by atoms with Crippen LogP contribution in [0.5, 0.6) is 0 Å². The first-order chi connectivity index (χ1) is 8.58. The molecule has 0 fully saturated rings. The summed E-state index contributed by atoms with van der Waals surface area (Å²) in [4.78, 5) is 20.4. The van der Waals surface area contributed by atoms with Crippen molar-refractivity contribution in [3.63, 3.8) is 0 Å². The molecule has 0 aliphatic heterocycles. The number of pyridine rings is 1. The third kappa shape index (κ3) is 2.57. The molecule has 2 aromatic heterocycles. The molecular weight excluding hydrogens is 250 g/mol. The van der Waals surface area contributed by atoms with Crippen molar-refractivity contribution in [3.8, 4) is 0 Å². The van der Waals surface area contributed by atoms with Crippen molar-refractivity contribution in [2.75, 3.05) is 11.1 Å². The predicted molar refractivity (Wildman–Crippen MR) is 71.3 cm³/mol. The van der Waals surface area contributed by atoms with Gasteiger partial charge in [-0.3, -0.25) is 4.79 Å². The molecule has 7 heteroatoms. The van der Waals surface area contributed by atoms with Crippen molar-refractivity contribution >= 4 is 28.7 Å². The summed E-state index contributed by atoms with van der Waals surface area (Å²) in [5.41, 5.74) is 14.4. The highest BCUT2D eigenvalue weighted by atomic mass is 32.1. The van der Waals surface area contributed by atoms with E-state index in [0.717, 1.165) is 10.6 Å². The van der Waals surface area contributed by atoms with E-state index in [0.29, 0.717) is 18.1 Å². The van der Waals surface area contributed by atoms with Gasteiger partial charge in [-0.15, -0.1) is 11.3 Å². The maximum absolute atomic E-state index is 11.0. The van der Waals surface area contributed by atoms with Gasteiger partial charge in [-0.2, -0.15) is 0 Å². The molecule has 2 rings (SSSR count). The van der Waals surface area contributed by atoms with Gasteiger partial charge in [-0.25, -0.2) is 9.97 Å². The topological polar surface area (TPSA) is 107 Å². The number of hydrogen-bond donors (Lipinski definition) is 3. The number of amides is 1. The van der Waals surface area contributed by atoms with Gasteiger partial charge in [0, 0.05) is 4.88 Å². The van der Waals surface area contributed by atoms with E-state index >= 15 is 0 Å². The van der Waals surface area contributed by atoms with Crippen molar-refractivity contribution in [3.05, 3.63) is 33.9 Å². The summed E-state index contributed by atoms with van der Waals surface area (Å²) in [5.74, 6) is -0.119. The first kappa shape index (κ1) is 12.3. The van der Waals surface area contributed by atoms with E-state index in [-0.39, 0.29) is 5.69 Å². The van der Waals surface area contributed by atoms with Crippen molar-refractivity contribution in [2.45, 2.75) is 13.5 Å². The molecule has 1 amide bonds. The number of nitrogens with two attached hydrogens (primary N) is 2. The second-order valence-corrected chi connectivity index (χ2v) is 4.65. The van der Waals surface area contributed by atoms with Gasteiger partial charge in [0.1, 0.15) is 11.5 Å². The Labute approximate surface area is 108 Å². The normalized spacial score (nSPS) is 10.3. The highest BCUT2D eigenvalue weighted by Gasteiger charge is 2.08. The average molecular weight is 263 g/mol. The van der Waals surface area contributed by atoms with E-state index in [1.807, 2.05) is 6.92 Å². The lowest BCUT2D eigenvalue weighted by atomic mass is 10.3. The van der Waals surface area contributed by atoms with Crippen molar-refractivity contribution in [1.82, 2.24) is 9.97 Å². The number of rotatable bonds is 4. The number of carbonyl (C=O) groups is 1. The molecule has 6 nitrogen and oxygen atoms in total. The summed E-state index contributed by atoms with van der Waals surface area (Å²) in [7, 11) is 0. The van der Waals surface area contributed by atoms with Crippen LogP contribution >= 0.6 is 11.3 Å². The zero-order valence-corrected chi connectivity index (χ0v) is 10.6. The number of nitrogens with zero attached hydrogens (tertiary/aromatic N) is 2. The second-order valence-electron chi connectivity index (χ2n) is 3.71. The SMILES string of the molecule is Cc1ncsc1CNc1nc(C(N)=O)ccc1N. The number of carbonyl (C=O) groups excluding carboxylic acids is 1. The fourth-order valence-electron chi connectivity index (χ4n) is 1.41. The molecule has 94 valence electrons. The molecule has 0 bridgehead atoms. The lowest BCUT2D eigenvalue weighted by Crippen LogP contribution is -2.15. The Morgan fingerprint density at radius 3 is 2.89 bits per heavy atom. The number of aryl methyl sites for hydroxylation is 1. The Balaban J connectivity index is 2.16. The van der Waals surface area contributed by atoms with Crippen LogP contribution in [0.3, 0.4) is 0 Å². The Bertz CT molecular complexity index is 581. The minimum atomic E-state index is -0.577. The van der Waals surface area contributed by atoms with Gasteiger partial charge < -0.3 is 16.8 Å². The quantitative estimate of drug-likeness (QED) is 0.766. The molecule has 18 heavy (non-hydrogen) atoms. The van der Waals surface area contributed by atoms with Gasteiger partial charge in [-0.1, -0.05) is 0 Å². The summed E-state index contributed by atoms with van der Waals surface area (Å²) in [6.45, 7) is 2.50. The van der Waals surface area contributed by atoms with Crippen molar-refractivity contribution in [2.24, 2.45) is 5.73 Å². The maximum Gasteiger partial charge on any atom is 0.267 e. The van der Waals surface area contributed by atoms with E-state index < -0.39 is 5.91 Å². The van der Waals surface area contributed by atoms with E-state index in [4.69, 9.17) is 11.5 Å². The standard InChI is InChI=1S/C11H13N5OS/c1-6-9(18-5-15-6)4-14-11-7(12)2-3-8(16-11)10(13)17/h2-3,5H,4,12H2,1H3,(H2,13,17)(H,14,16). The Kier molecular flexibility index (Phi) is 3.42. The number of thiazole rings is 1. The van der Waals surface area contributed by atoms with Crippen LogP contribution in [-0.4, -0.2) is 15.9 Å². The number of anilines is 2. The van der Waals surface area contributed by atoms with Gasteiger partial charge in [0.15, 0.2) is 0 Å². The van der Waals surface area contributed by atoms with Gasteiger partial charge in [0.25, 0.3) is 5.91 Å². The van der Waals surface area contributed by atoms with Gasteiger partial charge in [-0.05, 0) is 19.1 Å². The molecule has 2 aromatic rings. The van der Waals surface area contributed by atoms with Gasteiger partial charge in [0.05, 0.1) is 23.4 Å². The van der Waals surface area contributed by atoms with Crippen LogP contribution in [0.1, 0.15) is 21.1 Å². The van der Waals surface area contributed by atoms with E-state index in [1.54, 1.807) is 22.9 Å². The zero-order chi connectivity index (χ0) is 13.1. The molecule has 0 saturated heterocycles. The molecule has 2 heterocycles. The van der Waals surface area contributed by atoms with Crippen LogP contribution in [0.4, 0.5) is 11.5 Å². The number of nitrogens with one attached hydrogen (secondary N) is 1. The molecule has 0 atom stereocenters. The second kappa shape index (κ2) is 5.01. The van der Waals surface area contributed by atoms with Crippen LogP contribution < -0.4 is 16.8 Å². The molecular formula is C11H13N5OS. The van der Waals surface area contributed by atoms with E-state index in [1.165, 1.54) is 6.07 Å². The molecule has 0 aliphatic rings. The number of aromatic nitrogens is 2. The Morgan fingerprint density at radius 1 is 1.50 bits per heavy atom. The minimum Gasteiger partial charge on any atom is -0.396 e. The summed E-state index contributed by atoms with van der Waals surface area (Å²) in [5, 5.41) is 3.08. The molecule has 0 aliphatic carbocycles. The molecule has 0 saturated carbocycles. The third-order valence-electron chi connectivity index (χ3n) is 2.44. The van der Waals surface area contributed by atoms with Crippen molar-refractivity contribution < 1.29 is 4.79 Å². The zero-order valence-electron chi connectivity index (χ0n) is 9.80. The number of primary amides is 1. The summed E-state index contributed by atoms with van der Waals surface area (Å²) >= 11 is 1.55. The van der Waals surface area contributed by atoms with Gasteiger partial charge in [0.2, 0.25) is 0 Å². The molecule has 0 radical (unpaired) electrons. The number of hydrogen-bond acceptors (Lipinski definition) is 6. The molecule has 0 unspecified atom stereocenters. The van der Waals surface area contributed by atoms with Crippen LogP contribution in [-0.2, 0) is 6.54 Å². The Morgan fingerprint density at radius 2 is 2.28 bits per heavy atom. The monoisotopic (exact) mass is 263 g/mol. The highest BCUT2D eigenvalue weighted by molar-refractivity contribution is 7.09. The average Bonchev–Trinajstić information content (AvgIpc) is 2.73. The lowest BCUT2D eigenvalue weighted by molar-refractivity contribution is 0.0996. The smallest absolute Gasteiger partial charge is 0.267 e. The highest BCUT2D eigenvalue weighted by Crippen LogP contribution is 2.19. The van der Waals surface area contributed by atoms with E-state index in [9.17, 15) is 4.79 Å². The first-order valence-electron chi connectivity index (χ1n) is 5.27. The lowest BCUT2D eigenvalue weighted by Gasteiger charge is -2.08. The van der Waals surface area contributed by atoms with Crippen LogP contribution in [0.25, 0.3) is 0 Å². The molecule has 0 spiro atoms. The third-order valence-corrected chi connectivity index (χ3v) is 3.38. The largest absolute Gasteiger partial charge is 0.396 e.